The SMILES string of the molecule is CCc1cccn1-c1ncc(C(F)(F)F)cc1C(=O)N(CC)C(C)COc1ccc(C(F)(F)F)cn1. The summed E-state index contributed by atoms with van der Waals surface area (Å²) >= 11 is 0. The van der Waals surface area contributed by atoms with E-state index in [-0.39, 0.29) is 30.4 Å². The Labute approximate surface area is 203 Å². The first kappa shape index (κ1) is 27.0. The maximum atomic E-state index is 13.5. The van der Waals surface area contributed by atoms with Gasteiger partial charge in [-0.15, -0.1) is 0 Å². The molecule has 36 heavy (non-hydrogen) atoms. The second kappa shape index (κ2) is 10.6. The lowest BCUT2D eigenvalue weighted by Gasteiger charge is -2.29. The molecule has 0 saturated carbocycles. The average Bonchev–Trinajstić information content (AvgIpc) is 3.30. The van der Waals surface area contributed by atoms with Crippen LogP contribution in [0.1, 0.15) is 48.0 Å². The van der Waals surface area contributed by atoms with E-state index in [0.29, 0.717) is 18.8 Å². The smallest absolute Gasteiger partial charge is 0.417 e. The van der Waals surface area contributed by atoms with Crippen molar-refractivity contribution < 1.29 is 35.9 Å². The van der Waals surface area contributed by atoms with E-state index < -0.39 is 35.4 Å². The molecule has 0 aliphatic carbocycles. The van der Waals surface area contributed by atoms with Crippen molar-refractivity contribution in [2.75, 3.05) is 13.2 Å². The highest BCUT2D eigenvalue weighted by Crippen LogP contribution is 2.32. The van der Waals surface area contributed by atoms with E-state index in [1.165, 1.54) is 4.90 Å². The molecule has 0 fully saturated rings. The molecule has 6 nitrogen and oxygen atoms in total. The number of carbonyl (C=O) groups is 1. The average molecular weight is 514 g/mol. The van der Waals surface area contributed by atoms with E-state index in [2.05, 4.69) is 9.97 Å². The zero-order chi connectivity index (χ0) is 26.7. The number of halogens is 6. The minimum absolute atomic E-state index is 0.0609. The van der Waals surface area contributed by atoms with E-state index in [4.69, 9.17) is 4.74 Å². The largest absolute Gasteiger partial charge is 0.475 e. The number of pyridine rings is 2. The van der Waals surface area contributed by atoms with Crippen LogP contribution >= 0.6 is 0 Å². The molecular weight excluding hydrogens is 490 g/mol. The number of likely N-dealkylation sites (N-methyl/N-ethyl adjacent to an activating group) is 1. The van der Waals surface area contributed by atoms with Crippen LogP contribution in [-0.4, -0.2) is 44.5 Å². The van der Waals surface area contributed by atoms with Crippen molar-refractivity contribution in [2.45, 2.75) is 45.6 Å². The number of alkyl halides is 6. The molecule has 0 radical (unpaired) electrons. The first-order valence-electron chi connectivity index (χ1n) is 11.1. The van der Waals surface area contributed by atoms with Crippen LogP contribution in [0.2, 0.25) is 0 Å². The fourth-order valence-electron chi connectivity index (χ4n) is 3.61. The maximum Gasteiger partial charge on any atom is 0.417 e. The Morgan fingerprint density at radius 2 is 1.69 bits per heavy atom. The molecule has 1 amide bonds. The molecule has 3 heterocycles. The van der Waals surface area contributed by atoms with Crippen LogP contribution in [0.4, 0.5) is 26.3 Å². The molecule has 12 heteroatoms. The van der Waals surface area contributed by atoms with E-state index in [1.807, 2.05) is 6.92 Å². The van der Waals surface area contributed by atoms with Gasteiger partial charge in [0.1, 0.15) is 12.4 Å². The number of hydrogen-bond donors (Lipinski definition) is 0. The fraction of sp³-hybridized carbons (Fsp3) is 0.375. The zero-order valence-corrected chi connectivity index (χ0v) is 19.7. The fourth-order valence-corrected chi connectivity index (χ4v) is 3.61. The van der Waals surface area contributed by atoms with Gasteiger partial charge in [-0.2, -0.15) is 26.3 Å². The summed E-state index contributed by atoms with van der Waals surface area (Å²) in [5.74, 6) is -0.719. The molecule has 0 aromatic carbocycles. The molecule has 1 atom stereocenters. The van der Waals surface area contributed by atoms with Crippen molar-refractivity contribution >= 4 is 5.91 Å². The summed E-state index contributed by atoms with van der Waals surface area (Å²) in [7, 11) is 0. The third kappa shape index (κ3) is 5.97. The van der Waals surface area contributed by atoms with E-state index in [0.717, 1.165) is 23.9 Å². The maximum absolute atomic E-state index is 13.5. The zero-order valence-electron chi connectivity index (χ0n) is 19.7. The number of carbonyl (C=O) groups excluding carboxylic acids is 1. The van der Waals surface area contributed by atoms with Gasteiger partial charge < -0.3 is 14.2 Å². The van der Waals surface area contributed by atoms with Gasteiger partial charge in [-0.25, -0.2) is 9.97 Å². The summed E-state index contributed by atoms with van der Waals surface area (Å²) in [4.78, 5) is 22.4. The third-order valence-electron chi connectivity index (χ3n) is 5.52. The third-order valence-corrected chi connectivity index (χ3v) is 5.52. The molecule has 0 aliphatic heterocycles. The molecule has 0 N–H and O–H groups in total. The quantitative estimate of drug-likeness (QED) is 0.357. The molecule has 3 aromatic rings. The highest BCUT2D eigenvalue weighted by Gasteiger charge is 2.34. The van der Waals surface area contributed by atoms with Gasteiger partial charge in [-0.3, -0.25) is 4.79 Å². The van der Waals surface area contributed by atoms with Crippen LogP contribution in [0, 0.1) is 0 Å². The Kier molecular flexibility index (Phi) is 7.95. The second-order valence-electron chi connectivity index (χ2n) is 7.95. The van der Waals surface area contributed by atoms with Gasteiger partial charge in [0, 0.05) is 36.9 Å². The summed E-state index contributed by atoms with van der Waals surface area (Å²) in [6, 6.07) is 5.48. The Balaban J connectivity index is 1.88. The highest BCUT2D eigenvalue weighted by molar-refractivity contribution is 5.97. The van der Waals surface area contributed by atoms with Gasteiger partial charge in [-0.05, 0) is 44.5 Å². The van der Waals surface area contributed by atoms with Gasteiger partial charge in [0.2, 0.25) is 5.88 Å². The summed E-state index contributed by atoms with van der Waals surface area (Å²) in [5.41, 5.74) is -1.48. The van der Waals surface area contributed by atoms with Crippen LogP contribution in [0.25, 0.3) is 5.82 Å². The number of ether oxygens (including phenoxy) is 1. The topological polar surface area (TPSA) is 60.2 Å². The van der Waals surface area contributed by atoms with E-state index >= 15 is 0 Å². The van der Waals surface area contributed by atoms with Crippen LogP contribution in [0.15, 0.2) is 48.9 Å². The van der Waals surface area contributed by atoms with Crippen molar-refractivity contribution in [1.29, 1.82) is 0 Å². The number of rotatable bonds is 8. The molecular formula is C24H24F6N4O2. The lowest BCUT2D eigenvalue weighted by molar-refractivity contribution is -0.138. The summed E-state index contributed by atoms with van der Waals surface area (Å²) < 4.78 is 85.5. The summed E-state index contributed by atoms with van der Waals surface area (Å²) in [6.45, 7) is 5.11. The molecule has 0 spiro atoms. The predicted octanol–water partition coefficient (Wildman–Crippen LogP) is 5.80. The number of amides is 1. The first-order valence-corrected chi connectivity index (χ1v) is 11.1. The van der Waals surface area contributed by atoms with E-state index in [1.54, 1.807) is 36.7 Å². The lowest BCUT2D eigenvalue weighted by Crippen LogP contribution is -2.42. The minimum Gasteiger partial charge on any atom is -0.475 e. The number of aryl methyl sites for hydroxylation is 1. The number of aromatic nitrogens is 3. The molecule has 0 aliphatic rings. The molecule has 194 valence electrons. The van der Waals surface area contributed by atoms with Gasteiger partial charge in [0.15, 0.2) is 0 Å². The first-order chi connectivity index (χ1) is 16.9. The van der Waals surface area contributed by atoms with Gasteiger partial charge in [-0.1, -0.05) is 6.92 Å². The van der Waals surface area contributed by atoms with Crippen molar-refractivity contribution in [3.63, 3.8) is 0 Å². The minimum atomic E-state index is -4.70. The molecule has 0 saturated heterocycles. The van der Waals surface area contributed by atoms with Gasteiger partial charge in [0.05, 0.1) is 22.7 Å². The van der Waals surface area contributed by atoms with Crippen molar-refractivity contribution in [2.24, 2.45) is 0 Å². The van der Waals surface area contributed by atoms with Gasteiger partial charge >= 0.3 is 12.4 Å². The Bertz CT molecular complexity index is 1190. The van der Waals surface area contributed by atoms with Crippen LogP contribution in [-0.2, 0) is 18.8 Å². The molecule has 1 unspecified atom stereocenters. The predicted molar refractivity (Wildman–Crippen MR) is 119 cm³/mol. The lowest BCUT2D eigenvalue weighted by atomic mass is 10.1. The van der Waals surface area contributed by atoms with Gasteiger partial charge in [0.25, 0.3) is 5.91 Å². The molecule has 0 bridgehead atoms. The van der Waals surface area contributed by atoms with Crippen LogP contribution < -0.4 is 4.74 Å². The Hall–Kier alpha value is -3.57. The van der Waals surface area contributed by atoms with Crippen molar-refractivity contribution in [1.82, 2.24) is 19.4 Å². The standard InChI is InChI=1S/C24H24F6N4O2/c1-4-18-7-6-10-34(18)21-19(11-17(13-32-21)24(28,29)30)22(35)33(5-2)15(3)14-36-20-9-8-16(12-31-20)23(25,26)27/h6-13,15H,4-5,14H2,1-3H3. The number of hydrogen-bond acceptors (Lipinski definition) is 4. The summed E-state index contributed by atoms with van der Waals surface area (Å²) in [6.07, 6.45) is -5.75. The van der Waals surface area contributed by atoms with Crippen LogP contribution in [0.5, 0.6) is 5.88 Å². The molecule has 3 aromatic heterocycles. The number of nitrogens with zero attached hydrogens (tertiary/aromatic N) is 4. The second-order valence-corrected chi connectivity index (χ2v) is 7.95. The van der Waals surface area contributed by atoms with Crippen molar-refractivity contribution in [3.8, 4) is 11.7 Å². The summed E-state index contributed by atoms with van der Waals surface area (Å²) in [5, 5.41) is 0. The normalized spacial score (nSPS) is 12.9. The molecule has 3 rings (SSSR count). The Morgan fingerprint density at radius 1 is 1.03 bits per heavy atom. The van der Waals surface area contributed by atoms with E-state index in [9.17, 15) is 31.1 Å². The van der Waals surface area contributed by atoms with Crippen molar-refractivity contribution in [3.05, 3.63) is 71.3 Å². The van der Waals surface area contributed by atoms with Crippen LogP contribution in [0.3, 0.4) is 0 Å². The highest BCUT2D eigenvalue weighted by atomic mass is 19.4. The monoisotopic (exact) mass is 514 g/mol. The Morgan fingerprint density at radius 3 is 2.25 bits per heavy atom.